The molecule has 4 nitrogen and oxygen atoms in total. The third-order valence-corrected chi connectivity index (χ3v) is 3.25. The minimum Gasteiger partial charge on any atom is -0.308 e. The van der Waals surface area contributed by atoms with Crippen molar-refractivity contribution in [1.29, 1.82) is 5.26 Å². The maximum absolute atomic E-state index is 12.5. The number of carbonyl (C=O) groups excluding carboxylic acids is 1. The summed E-state index contributed by atoms with van der Waals surface area (Å²) in [7, 11) is 0. The Morgan fingerprint density at radius 1 is 1.32 bits per heavy atom. The van der Waals surface area contributed by atoms with Gasteiger partial charge in [-0.25, -0.2) is 0 Å². The van der Waals surface area contributed by atoms with Crippen molar-refractivity contribution in [2.75, 3.05) is 11.4 Å². The Bertz CT molecular complexity index is 688. The van der Waals surface area contributed by atoms with Crippen molar-refractivity contribution in [3.05, 3.63) is 59.4 Å². The van der Waals surface area contributed by atoms with Crippen LogP contribution in [0.1, 0.15) is 21.5 Å². The molecule has 3 rings (SSSR count). The van der Waals surface area contributed by atoms with E-state index >= 15 is 0 Å². The van der Waals surface area contributed by atoms with Gasteiger partial charge in [-0.05, 0) is 24.1 Å². The predicted molar refractivity (Wildman–Crippen MR) is 70.8 cm³/mol. The number of carbonyl (C=O) groups is 1. The van der Waals surface area contributed by atoms with Crippen LogP contribution in [-0.2, 0) is 6.42 Å². The van der Waals surface area contributed by atoms with E-state index in [-0.39, 0.29) is 5.91 Å². The first-order chi connectivity index (χ1) is 9.29. The number of hydrogen-bond donors (Lipinski definition) is 0. The summed E-state index contributed by atoms with van der Waals surface area (Å²) in [6, 6.07) is 11.5. The third-order valence-electron chi connectivity index (χ3n) is 3.25. The van der Waals surface area contributed by atoms with E-state index in [0.717, 1.165) is 12.1 Å². The summed E-state index contributed by atoms with van der Waals surface area (Å²) < 4.78 is 0. The fourth-order valence-corrected chi connectivity index (χ4v) is 2.32. The van der Waals surface area contributed by atoms with E-state index in [0.29, 0.717) is 17.7 Å². The number of para-hydroxylation sites is 1. The zero-order chi connectivity index (χ0) is 13.2. The predicted octanol–water partition coefficient (Wildman–Crippen LogP) is 2.16. The Morgan fingerprint density at radius 2 is 2.16 bits per heavy atom. The molecule has 0 fully saturated rings. The van der Waals surface area contributed by atoms with Gasteiger partial charge in [0.15, 0.2) is 0 Å². The van der Waals surface area contributed by atoms with Crippen molar-refractivity contribution in [2.45, 2.75) is 6.42 Å². The highest BCUT2D eigenvalue weighted by atomic mass is 16.2. The third kappa shape index (κ3) is 1.95. The van der Waals surface area contributed by atoms with E-state index in [1.165, 1.54) is 18.0 Å². The Morgan fingerprint density at radius 3 is 3.00 bits per heavy atom. The molecule has 2 aromatic rings. The van der Waals surface area contributed by atoms with E-state index in [9.17, 15) is 4.79 Å². The summed E-state index contributed by atoms with van der Waals surface area (Å²) in [4.78, 5) is 18.1. The SMILES string of the molecule is N#Cc1cncc(C(=O)N2CCc3ccccc32)c1. The highest BCUT2D eigenvalue weighted by Gasteiger charge is 2.25. The molecule has 0 unspecified atom stereocenters. The monoisotopic (exact) mass is 249 g/mol. The highest BCUT2D eigenvalue weighted by Crippen LogP contribution is 2.28. The van der Waals surface area contributed by atoms with Crippen LogP contribution in [0.15, 0.2) is 42.7 Å². The van der Waals surface area contributed by atoms with Gasteiger partial charge in [-0.3, -0.25) is 9.78 Å². The molecular formula is C15H11N3O. The second-order valence-corrected chi connectivity index (χ2v) is 4.41. The largest absolute Gasteiger partial charge is 0.308 e. The molecule has 0 N–H and O–H groups in total. The molecule has 92 valence electrons. The van der Waals surface area contributed by atoms with Gasteiger partial charge in [0, 0.05) is 24.6 Å². The van der Waals surface area contributed by atoms with Crippen LogP contribution in [0.3, 0.4) is 0 Å². The molecule has 0 aliphatic carbocycles. The Labute approximate surface area is 110 Å². The highest BCUT2D eigenvalue weighted by molar-refractivity contribution is 6.07. The van der Waals surface area contributed by atoms with E-state index in [1.807, 2.05) is 30.3 Å². The number of pyridine rings is 1. The molecule has 0 saturated carbocycles. The van der Waals surface area contributed by atoms with Crippen molar-refractivity contribution >= 4 is 11.6 Å². The van der Waals surface area contributed by atoms with E-state index in [4.69, 9.17) is 5.26 Å². The number of anilines is 1. The molecule has 1 aromatic carbocycles. The fourth-order valence-electron chi connectivity index (χ4n) is 2.32. The number of benzene rings is 1. The molecule has 2 heterocycles. The molecule has 0 radical (unpaired) electrons. The van der Waals surface area contributed by atoms with Gasteiger partial charge >= 0.3 is 0 Å². The molecule has 1 aromatic heterocycles. The van der Waals surface area contributed by atoms with Crippen molar-refractivity contribution in [1.82, 2.24) is 4.98 Å². The second kappa shape index (κ2) is 4.54. The average Bonchev–Trinajstić information content (AvgIpc) is 2.90. The van der Waals surface area contributed by atoms with Crippen LogP contribution in [0.25, 0.3) is 0 Å². The van der Waals surface area contributed by atoms with Crippen LogP contribution < -0.4 is 4.90 Å². The zero-order valence-electron chi connectivity index (χ0n) is 10.2. The lowest BCUT2D eigenvalue weighted by Gasteiger charge is -2.17. The quantitative estimate of drug-likeness (QED) is 0.778. The zero-order valence-corrected chi connectivity index (χ0v) is 10.2. The van der Waals surface area contributed by atoms with Gasteiger partial charge in [0.2, 0.25) is 0 Å². The number of hydrogen-bond acceptors (Lipinski definition) is 3. The van der Waals surface area contributed by atoms with Gasteiger partial charge in [-0.15, -0.1) is 0 Å². The Hall–Kier alpha value is -2.67. The number of nitriles is 1. The lowest BCUT2D eigenvalue weighted by molar-refractivity contribution is 0.0989. The number of aromatic nitrogens is 1. The number of rotatable bonds is 1. The maximum atomic E-state index is 12.5. The molecule has 0 saturated heterocycles. The van der Waals surface area contributed by atoms with Crippen LogP contribution in [0.4, 0.5) is 5.69 Å². The van der Waals surface area contributed by atoms with Crippen molar-refractivity contribution < 1.29 is 4.79 Å². The second-order valence-electron chi connectivity index (χ2n) is 4.41. The molecule has 19 heavy (non-hydrogen) atoms. The molecule has 0 spiro atoms. The molecular weight excluding hydrogens is 238 g/mol. The lowest BCUT2D eigenvalue weighted by Crippen LogP contribution is -2.29. The smallest absolute Gasteiger partial charge is 0.259 e. The molecule has 0 atom stereocenters. The Kier molecular flexibility index (Phi) is 2.73. The summed E-state index contributed by atoms with van der Waals surface area (Å²) in [6.07, 6.45) is 3.83. The van der Waals surface area contributed by atoms with Crippen LogP contribution in [0.2, 0.25) is 0 Å². The van der Waals surface area contributed by atoms with Crippen LogP contribution in [0, 0.1) is 11.3 Å². The number of amides is 1. The minimum absolute atomic E-state index is 0.102. The number of fused-ring (bicyclic) bond motifs is 1. The topological polar surface area (TPSA) is 57.0 Å². The standard InChI is InChI=1S/C15H11N3O/c16-8-11-7-13(10-17-9-11)15(19)18-6-5-12-3-1-2-4-14(12)18/h1-4,7,9-10H,5-6H2. The van der Waals surface area contributed by atoms with Gasteiger partial charge in [-0.1, -0.05) is 18.2 Å². The normalized spacial score (nSPS) is 12.9. The van der Waals surface area contributed by atoms with Crippen molar-refractivity contribution in [3.63, 3.8) is 0 Å². The Balaban J connectivity index is 1.96. The molecule has 1 aliphatic heterocycles. The summed E-state index contributed by atoms with van der Waals surface area (Å²) in [6.45, 7) is 0.676. The lowest BCUT2D eigenvalue weighted by atomic mass is 10.1. The van der Waals surface area contributed by atoms with E-state index < -0.39 is 0 Å². The fraction of sp³-hybridized carbons (Fsp3) is 0.133. The molecule has 1 amide bonds. The van der Waals surface area contributed by atoms with Crippen LogP contribution >= 0.6 is 0 Å². The van der Waals surface area contributed by atoms with E-state index in [1.54, 1.807) is 11.0 Å². The number of nitrogens with zero attached hydrogens (tertiary/aromatic N) is 3. The van der Waals surface area contributed by atoms with Crippen molar-refractivity contribution in [3.8, 4) is 6.07 Å². The van der Waals surface area contributed by atoms with Gasteiger partial charge in [-0.2, -0.15) is 5.26 Å². The van der Waals surface area contributed by atoms with E-state index in [2.05, 4.69) is 4.98 Å². The van der Waals surface area contributed by atoms with Gasteiger partial charge in [0.1, 0.15) is 6.07 Å². The maximum Gasteiger partial charge on any atom is 0.259 e. The molecule has 1 aliphatic rings. The van der Waals surface area contributed by atoms with Crippen molar-refractivity contribution in [2.24, 2.45) is 0 Å². The molecule has 4 heteroatoms. The summed E-state index contributed by atoms with van der Waals surface area (Å²) in [5.74, 6) is -0.102. The van der Waals surface area contributed by atoms with Gasteiger partial charge in [0.05, 0.1) is 11.1 Å². The van der Waals surface area contributed by atoms with Gasteiger partial charge < -0.3 is 4.90 Å². The summed E-state index contributed by atoms with van der Waals surface area (Å²) >= 11 is 0. The average molecular weight is 249 g/mol. The van der Waals surface area contributed by atoms with Gasteiger partial charge in [0.25, 0.3) is 5.91 Å². The molecule has 0 bridgehead atoms. The minimum atomic E-state index is -0.102. The van der Waals surface area contributed by atoms with Crippen LogP contribution in [-0.4, -0.2) is 17.4 Å². The summed E-state index contributed by atoms with van der Waals surface area (Å²) in [5, 5.41) is 8.85. The summed E-state index contributed by atoms with van der Waals surface area (Å²) in [5.41, 5.74) is 2.99. The first-order valence-electron chi connectivity index (χ1n) is 6.04. The first-order valence-corrected chi connectivity index (χ1v) is 6.04. The van der Waals surface area contributed by atoms with Crippen LogP contribution in [0.5, 0.6) is 0 Å². The first kappa shape index (κ1) is 11.4.